The van der Waals surface area contributed by atoms with Crippen LogP contribution in [0.2, 0.25) is 0 Å². The summed E-state index contributed by atoms with van der Waals surface area (Å²) >= 11 is 0. The van der Waals surface area contributed by atoms with Crippen molar-refractivity contribution in [2.75, 3.05) is 19.6 Å². The summed E-state index contributed by atoms with van der Waals surface area (Å²) in [5.74, 6) is 1.22. The minimum atomic E-state index is 0.575. The van der Waals surface area contributed by atoms with Crippen molar-refractivity contribution < 1.29 is 0 Å². The quantitative estimate of drug-likeness (QED) is 0.632. The summed E-state index contributed by atoms with van der Waals surface area (Å²) in [5, 5.41) is 11.1. The molecule has 0 radical (unpaired) electrons. The Kier molecular flexibility index (Phi) is 6.03. The molecule has 1 aromatic rings. The number of hydrogen-bond acceptors (Lipinski definition) is 4. The highest BCUT2D eigenvalue weighted by Crippen LogP contribution is 2.07. The molecule has 0 aliphatic rings. The lowest BCUT2D eigenvalue weighted by atomic mass is 9.96. The Morgan fingerprint density at radius 2 is 2.25 bits per heavy atom. The average molecular weight is 225 g/mol. The highest BCUT2D eigenvalue weighted by molar-refractivity contribution is 4.67. The zero-order valence-electron chi connectivity index (χ0n) is 10.3. The lowest BCUT2D eigenvalue weighted by Gasteiger charge is -2.19. The Hall–Kier alpha value is -0.940. The third-order valence-corrected chi connectivity index (χ3v) is 2.86. The van der Waals surface area contributed by atoms with Crippen molar-refractivity contribution in [1.29, 1.82) is 0 Å². The fourth-order valence-electron chi connectivity index (χ4n) is 1.60. The van der Waals surface area contributed by atoms with Gasteiger partial charge in [-0.05, 0) is 37.9 Å². The van der Waals surface area contributed by atoms with Crippen molar-refractivity contribution in [1.82, 2.24) is 20.3 Å². The van der Waals surface area contributed by atoms with Gasteiger partial charge in [-0.15, -0.1) is 5.10 Å². The molecule has 1 atom stereocenters. The molecule has 1 unspecified atom stereocenters. The monoisotopic (exact) mass is 225 g/mol. The molecular weight excluding hydrogens is 202 g/mol. The molecule has 0 saturated carbocycles. The molecule has 3 N–H and O–H groups in total. The Morgan fingerprint density at radius 3 is 2.81 bits per heavy atom. The normalized spacial score (nSPS) is 13.2. The number of aromatic nitrogens is 3. The zero-order chi connectivity index (χ0) is 11.8. The molecule has 0 aromatic carbocycles. The minimum Gasteiger partial charge on any atom is -0.330 e. The second-order valence-corrected chi connectivity index (χ2v) is 4.46. The van der Waals surface area contributed by atoms with Crippen molar-refractivity contribution >= 4 is 0 Å². The Balaban J connectivity index is 2.03. The molecule has 1 aromatic heterocycles. The lowest BCUT2D eigenvalue weighted by Crippen LogP contribution is -2.32. The van der Waals surface area contributed by atoms with Crippen LogP contribution in [0.4, 0.5) is 0 Å². The number of hydrogen-bond donors (Lipinski definition) is 2. The van der Waals surface area contributed by atoms with Crippen LogP contribution in [0.25, 0.3) is 0 Å². The largest absolute Gasteiger partial charge is 0.330 e. The van der Waals surface area contributed by atoms with E-state index in [2.05, 4.69) is 29.5 Å². The highest BCUT2D eigenvalue weighted by Gasteiger charge is 2.09. The van der Waals surface area contributed by atoms with Crippen molar-refractivity contribution in [3.8, 4) is 0 Å². The standard InChI is InChI=1S/C11H23N5/c1-10(2)11(8-12)9-13-4-3-6-16-7-5-14-15-16/h5,7,10-11,13H,3-4,6,8-9,12H2,1-2H3. The summed E-state index contributed by atoms with van der Waals surface area (Å²) in [6.45, 7) is 8.12. The fraction of sp³-hybridized carbons (Fsp3) is 0.818. The Labute approximate surface area is 97.4 Å². The van der Waals surface area contributed by atoms with E-state index in [0.717, 1.165) is 32.6 Å². The zero-order valence-corrected chi connectivity index (χ0v) is 10.3. The van der Waals surface area contributed by atoms with E-state index in [9.17, 15) is 0 Å². The smallest absolute Gasteiger partial charge is 0.0692 e. The fourth-order valence-corrected chi connectivity index (χ4v) is 1.60. The third kappa shape index (κ3) is 4.72. The van der Waals surface area contributed by atoms with Gasteiger partial charge in [0.05, 0.1) is 6.20 Å². The van der Waals surface area contributed by atoms with Gasteiger partial charge in [0.1, 0.15) is 0 Å². The molecule has 1 heterocycles. The molecule has 92 valence electrons. The first-order valence-corrected chi connectivity index (χ1v) is 5.99. The van der Waals surface area contributed by atoms with Crippen LogP contribution in [0.5, 0.6) is 0 Å². The molecule has 1 rings (SSSR count). The van der Waals surface area contributed by atoms with Gasteiger partial charge in [0.25, 0.3) is 0 Å². The summed E-state index contributed by atoms with van der Waals surface area (Å²) in [4.78, 5) is 0. The summed E-state index contributed by atoms with van der Waals surface area (Å²) in [6, 6.07) is 0. The van der Waals surface area contributed by atoms with E-state index in [-0.39, 0.29) is 0 Å². The van der Waals surface area contributed by atoms with Crippen LogP contribution in [0.1, 0.15) is 20.3 Å². The Morgan fingerprint density at radius 1 is 1.44 bits per heavy atom. The first-order valence-electron chi connectivity index (χ1n) is 5.99. The van der Waals surface area contributed by atoms with E-state index in [1.807, 2.05) is 10.9 Å². The first-order chi connectivity index (χ1) is 7.74. The molecule has 5 heteroatoms. The lowest BCUT2D eigenvalue weighted by molar-refractivity contribution is 0.367. The minimum absolute atomic E-state index is 0.575. The summed E-state index contributed by atoms with van der Waals surface area (Å²) < 4.78 is 1.85. The molecule has 0 amide bonds. The van der Waals surface area contributed by atoms with Crippen LogP contribution in [-0.2, 0) is 6.54 Å². The Bertz CT molecular complexity index is 257. The van der Waals surface area contributed by atoms with Gasteiger partial charge >= 0.3 is 0 Å². The third-order valence-electron chi connectivity index (χ3n) is 2.86. The van der Waals surface area contributed by atoms with Gasteiger partial charge in [-0.3, -0.25) is 4.68 Å². The molecule has 0 spiro atoms. The van der Waals surface area contributed by atoms with Gasteiger partial charge in [-0.25, -0.2) is 0 Å². The van der Waals surface area contributed by atoms with Crippen LogP contribution in [0, 0.1) is 11.8 Å². The van der Waals surface area contributed by atoms with Crippen molar-refractivity contribution in [2.24, 2.45) is 17.6 Å². The predicted octanol–water partition coefficient (Wildman–Crippen LogP) is 0.489. The summed E-state index contributed by atoms with van der Waals surface area (Å²) in [6.07, 6.45) is 4.66. The number of nitrogens with one attached hydrogen (secondary N) is 1. The van der Waals surface area contributed by atoms with Gasteiger partial charge in [0.15, 0.2) is 0 Å². The van der Waals surface area contributed by atoms with E-state index >= 15 is 0 Å². The second kappa shape index (κ2) is 7.35. The second-order valence-electron chi connectivity index (χ2n) is 4.46. The molecule has 0 aliphatic carbocycles. The van der Waals surface area contributed by atoms with Crippen LogP contribution in [0.15, 0.2) is 12.4 Å². The number of rotatable bonds is 8. The topological polar surface area (TPSA) is 68.8 Å². The number of nitrogens with two attached hydrogens (primary N) is 1. The maximum atomic E-state index is 5.70. The van der Waals surface area contributed by atoms with Crippen LogP contribution in [-0.4, -0.2) is 34.6 Å². The van der Waals surface area contributed by atoms with Crippen molar-refractivity contribution in [3.05, 3.63) is 12.4 Å². The maximum absolute atomic E-state index is 5.70. The van der Waals surface area contributed by atoms with Crippen molar-refractivity contribution in [3.63, 3.8) is 0 Å². The average Bonchev–Trinajstić information content (AvgIpc) is 2.75. The van der Waals surface area contributed by atoms with E-state index in [1.165, 1.54) is 0 Å². The molecular formula is C11H23N5. The van der Waals surface area contributed by atoms with Gasteiger partial charge in [0, 0.05) is 12.7 Å². The van der Waals surface area contributed by atoms with Crippen LogP contribution >= 0.6 is 0 Å². The van der Waals surface area contributed by atoms with Gasteiger partial charge < -0.3 is 11.1 Å². The van der Waals surface area contributed by atoms with Crippen LogP contribution in [0.3, 0.4) is 0 Å². The maximum Gasteiger partial charge on any atom is 0.0692 e. The SMILES string of the molecule is CC(C)C(CN)CNCCCn1ccnn1. The van der Waals surface area contributed by atoms with E-state index in [4.69, 9.17) is 5.73 Å². The summed E-state index contributed by atoms with van der Waals surface area (Å²) in [5.41, 5.74) is 5.70. The first kappa shape index (κ1) is 13.1. The number of nitrogens with zero attached hydrogens (tertiary/aromatic N) is 3. The molecule has 5 nitrogen and oxygen atoms in total. The summed E-state index contributed by atoms with van der Waals surface area (Å²) in [7, 11) is 0. The van der Waals surface area contributed by atoms with E-state index in [1.54, 1.807) is 6.20 Å². The predicted molar refractivity (Wildman–Crippen MR) is 64.9 cm³/mol. The molecule has 0 fully saturated rings. The van der Waals surface area contributed by atoms with E-state index < -0.39 is 0 Å². The van der Waals surface area contributed by atoms with Crippen LogP contribution < -0.4 is 11.1 Å². The molecule has 0 bridgehead atoms. The van der Waals surface area contributed by atoms with Crippen molar-refractivity contribution in [2.45, 2.75) is 26.8 Å². The molecule has 16 heavy (non-hydrogen) atoms. The van der Waals surface area contributed by atoms with Gasteiger partial charge in [-0.2, -0.15) is 0 Å². The number of aryl methyl sites for hydroxylation is 1. The van der Waals surface area contributed by atoms with Gasteiger partial charge in [0.2, 0.25) is 0 Å². The molecule has 0 saturated heterocycles. The molecule has 0 aliphatic heterocycles. The van der Waals surface area contributed by atoms with E-state index in [0.29, 0.717) is 11.8 Å². The highest BCUT2D eigenvalue weighted by atomic mass is 15.4. The van der Waals surface area contributed by atoms with Gasteiger partial charge in [-0.1, -0.05) is 19.1 Å².